The molecule has 1 amide bonds. The highest BCUT2D eigenvalue weighted by Gasteiger charge is 2.20. The van der Waals surface area contributed by atoms with Gasteiger partial charge in [0.05, 0.1) is 0 Å². The fourth-order valence-electron chi connectivity index (χ4n) is 3.13. The largest absolute Gasteiger partial charge is 0.365 e. The molecule has 2 N–H and O–H groups in total. The lowest BCUT2D eigenvalue weighted by Gasteiger charge is -2.17. The lowest BCUT2D eigenvalue weighted by atomic mass is 9.96. The van der Waals surface area contributed by atoms with Crippen LogP contribution in [0.15, 0.2) is 42.6 Å². The predicted molar refractivity (Wildman–Crippen MR) is 119 cm³/mol. The van der Waals surface area contributed by atoms with Crippen LogP contribution in [-0.2, 0) is 4.79 Å². The van der Waals surface area contributed by atoms with E-state index in [-0.39, 0.29) is 5.91 Å². The molecule has 0 fully saturated rings. The molecule has 0 aliphatic rings. The third kappa shape index (κ3) is 3.82. The smallest absolute Gasteiger partial charge is 0.225 e. The van der Waals surface area contributed by atoms with Gasteiger partial charge in [0, 0.05) is 35.3 Å². The standard InChI is InChI=1S/C22H25N5OS/c1-14-13-25-19-18(23-10-11-24-21(28)22(2,3)4)26-16-12-17(29-20(16)27(14)19)15-8-6-5-7-9-15/h5-9,12-13H,10-11H2,1-4H3,(H,23,26)(H,24,28). The Morgan fingerprint density at radius 3 is 2.66 bits per heavy atom. The number of imidazole rings is 1. The van der Waals surface area contributed by atoms with E-state index in [9.17, 15) is 4.79 Å². The van der Waals surface area contributed by atoms with E-state index in [1.165, 1.54) is 10.4 Å². The highest BCUT2D eigenvalue weighted by atomic mass is 32.1. The van der Waals surface area contributed by atoms with Crippen molar-refractivity contribution in [2.75, 3.05) is 18.4 Å². The van der Waals surface area contributed by atoms with Gasteiger partial charge in [-0.2, -0.15) is 0 Å². The van der Waals surface area contributed by atoms with Gasteiger partial charge >= 0.3 is 0 Å². The lowest BCUT2D eigenvalue weighted by Crippen LogP contribution is -2.37. The number of hydrogen-bond acceptors (Lipinski definition) is 5. The number of nitrogens with one attached hydrogen (secondary N) is 2. The van der Waals surface area contributed by atoms with E-state index in [0.29, 0.717) is 13.1 Å². The third-order valence-corrected chi connectivity index (χ3v) is 5.88. The minimum Gasteiger partial charge on any atom is -0.365 e. The number of hydrogen-bond donors (Lipinski definition) is 2. The summed E-state index contributed by atoms with van der Waals surface area (Å²) in [5.74, 6) is 0.767. The Kier molecular flexibility index (Phi) is 5.00. The number of aromatic nitrogens is 3. The Labute approximate surface area is 174 Å². The van der Waals surface area contributed by atoms with Gasteiger partial charge in [0.25, 0.3) is 0 Å². The number of amides is 1. The molecule has 3 heterocycles. The van der Waals surface area contributed by atoms with Gasteiger partial charge in [0.15, 0.2) is 11.5 Å². The van der Waals surface area contributed by atoms with Crippen LogP contribution in [0, 0.1) is 12.3 Å². The summed E-state index contributed by atoms with van der Waals surface area (Å²) in [6.07, 6.45) is 1.87. The maximum Gasteiger partial charge on any atom is 0.225 e. The topological polar surface area (TPSA) is 71.3 Å². The van der Waals surface area contributed by atoms with Gasteiger partial charge < -0.3 is 10.6 Å². The number of nitrogens with zero attached hydrogens (tertiary/aromatic N) is 3. The molecular formula is C22H25N5OS. The summed E-state index contributed by atoms with van der Waals surface area (Å²) in [6.45, 7) is 8.88. The Bertz CT molecular complexity index is 1170. The van der Waals surface area contributed by atoms with Crippen molar-refractivity contribution in [1.29, 1.82) is 0 Å². The molecular weight excluding hydrogens is 382 g/mol. The van der Waals surface area contributed by atoms with E-state index < -0.39 is 5.41 Å². The number of fused-ring (bicyclic) bond motifs is 3. The molecule has 0 aliphatic heterocycles. The number of thiophene rings is 1. The van der Waals surface area contributed by atoms with Crippen LogP contribution in [0.1, 0.15) is 26.5 Å². The van der Waals surface area contributed by atoms with Gasteiger partial charge in [-0.25, -0.2) is 9.97 Å². The maximum absolute atomic E-state index is 12.0. The van der Waals surface area contributed by atoms with E-state index in [1.54, 1.807) is 11.3 Å². The van der Waals surface area contributed by atoms with Crippen molar-refractivity contribution >= 4 is 39.1 Å². The first-order valence-electron chi connectivity index (χ1n) is 9.70. The molecule has 0 unspecified atom stereocenters. The average molecular weight is 408 g/mol. The Balaban J connectivity index is 1.63. The lowest BCUT2D eigenvalue weighted by molar-refractivity contribution is -0.128. The maximum atomic E-state index is 12.0. The second-order valence-corrected chi connectivity index (χ2v) is 9.15. The van der Waals surface area contributed by atoms with Gasteiger partial charge in [-0.05, 0) is 18.6 Å². The van der Waals surface area contributed by atoms with Gasteiger partial charge in [0.2, 0.25) is 5.91 Å². The monoisotopic (exact) mass is 407 g/mol. The van der Waals surface area contributed by atoms with Gasteiger partial charge in [-0.1, -0.05) is 51.1 Å². The molecule has 0 radical (unpaired) electrons. The van der Waals surface area contributed by atoms with Gasteiger partial charge in [-0.15, -0.1) is 11.3 Å². The van der Waals surface area contributed by atoms with E-state index >= 15 is 0 Å². The molecule has 29 heavy (non-hydrogen) atoms. The van der Waals surface area contributed by atoms with Crippen LogP contribution in [0.2, 0.25) is 0 Å². The molecule has 7 heteroatoms. The van der Waals surface area contributed by atoms with Crippen molar-refractivity contribution in [3.63, 3.8) is 0 Å². The van der Waals surface area contributed by atoms with Crippen molar-refractivity contribution in [3.05, 3.63) is 48.3 Å². The van der Waals surface area contributed by atoms with Crippen LogP contribution in [0.4, 0.5) is 5.82 Å². The highest BCUT2D eigenvalue weighted by Crippen LogP contribution is 2.35. The first kappa shape index (κ1) is 19.4. The molecule has 150 valence electrons. The summed E-state index contributed by atoms with van der Waals surface area (Å²) in [4.78, 5) is 23.7. The van der Waals surface area contributed by atoms with Crippen molar-refractivity contribution in [3.8, 4) is 10.4 Å². The van der Waals surface area contributed by atoms with Gasteiger partial charge in [0.1, 0.15) is 10.3 Å². The van der Waals surface area contributed by atoms with Gasteiger partial charge in [-0.3, -0.25) is 9.20 Å². The Morgan fingerprint density at radius 2 is 1.93 bits per heavy atom. The molecule has 0 saturated heterocycles. The summed E-state index contributed by atoms with van der Waals surface area (Å²) in [7, 11) is 0. The molecule has 0 aliphatic carbocycles. The summed E-state index contributed by atoms with van der Waals surface area (Å²) in [5.41, 5.74) is 3.59. The molecule has 0 spiro atoms. The number of aryl methyl sites for hydroxylation is 1. The van der Waals surface area contributed by atoms with E-state index in [4.69, 9.17) is 4.98 Å². The molecule has 3 aromatic heterocycles. The second kappa shape index (κ2) is 7.48. The minimum absolute atomic E-state index is 0.0369. The molecule has 4 rings (SSSR count). The second-order valence-electron chi connectivity index (χ2n) is 8.12. The quantitative estimate of drug-likeness (QED) is 0.478. The van der Waals surface area contributed by atoms with Crippen LogP contribution in [0.25, 0.3) is 26.4 Å². The highest BCUT2D eigenvalue weighted by molar-refractivity contribution is 7.21. The number of carbonyl (C=O) groups excluding carboxylic acids is 1. The summed E-state index contributed by atoms with van der Waals surface area (Å²) < 4.78 is 2.15. The van der Waals surface area contributed by atoms with Crippen LogP contribution < -0.4 is 10.6 Å². The molecule has 0 saturated carbocycles. The summed E-state index contributed by atoms with van der Waals surface area (Å²) >= 11 is 1.72. The molecule has 0 bridgehead atoms. The van der Waals surface area contributed by atoms with Crippen molar-refractivity contribution in [2.45, 2.75) is 27.7 Å². The van der Waals surface area contributed by atoms with Crippen molar-refractivity contribution < 1.29 is 4.79 Å². The number of carbonyl (C=O) groups is 1. The van der Waals surface area contributed by atoms with Crippen LogP contribution >= 0.6 is 11.3 Å². The SMILES string of the molecule is Cc1cnc2c(NCCNC(=O)C(C)(C)C)nc3cc(-c4ccccc4)sc3n12. The van der Waals surface area contributed by atoms with E-state index in [0.717, 1.165) is 27.5 Å². The van der Waals surface area contributed by atoms with E-state index in [1.807, 2.05) is 45.2 Å². The van der Waals surface area contributed by atoms with E-state index in [2.05, 4.69) is 45.1 Å². The molecule has 6 nitrogen and oxygen atoms in total. The van der Waals surface area contributed by atoms with Crippen molar-refractivity contribution in [1.82, 2.24) is 19.7 Å². The normalized spacial score (nSPS) is 11.9. The Morgan fingerprint density at radius 1 is 1.17 bits per heavy atom. The number of rotatable bonds is 5. The summed E-state index contributed by atoms with van der Waals surface area (Å²) in [6, 6.07) is 12.5. The van der Waals surface area contributed by atoms with Crippen LogP contribution in [-0.4, -0.2) is 33.4 Å². The zero-order chi connectivity index (χ0) is 20.6. The third-order valence-electron chi connectivity index (χ3n) is 4.72. The van der Waals surface area contributed by atoms with Crippen LogP contribution in [0.5, 0.6) is 0 Å². The number of anilines is 1. The zero-order valence-corrected chi connectivity index (χ0v) is 17.9. The molecule has 4 aromatic rings. The fourth-order valence-corrected chi connectivity index (χ4v) is 4.29. The zero-order valence-electron chi connectivity index (χ0n) is 17.1. The predicted octanol–water partition coefficient (Wildman–Crippen LogP) is 4.49. The first-order chi connectivity index (χ1) is 13.8. The number of benzene rings is 1. The first-order valence-corrected chi connectivity index (χ1v) is 10.5. The van der Waals surface area contributed by atoms with Crippen LogP contribution in [0.3, 0.4) is 0 Å². The summed E-state index contributed by atoms with van der Waals surface area (Å²) in [5, 5.41) is 6.30. The van der Waals surface area contributed by atoms with Crippen molar-refractivity contribution in [2.24, 2.45) is 5.41 Å². The minimum atomic E-state index is -0.394. The molecule has 1 aromatic carbocycles. The average Bonchev–Trinajstić information content (AvgIpc) is 3.28. The molecule has 0 atom stereocenters. The fraction of sp³-hybridized carbons (Fsp3) is 0.318. The Hall–Kier alpha value is -2.93.